The first kappa shape index (κ1) is 19.9. The van der Waals surface area contributed by atoms with Gasteiger partial charge in [-0.15, -0.1) is 12.4 Å². The number of rotatable bonds is 9. The lowest BCUT2D eigenvalue weighted by Crippen LogP contribution is -2.35. The van der Waals surface area contributed by atoms with E-state index in [0.717, 1.165) is 37.9 Å². The van der Waals surface area contributed by atoms with E-state index in [1.165, 1.54) is 12.1 Å². The summed E-state index contributed by atoms with van der Waals surface area (Å²) < 4.78 is 13.0. The number of hydrogen-bond acceptors (Lipinski definition) is 2. The quantitative estimate of drug-likeness (QED) is 0.688. The van der Waals surface area contributed by atoms with Crippen LogP contribution >= 0.6 is 12.4 Å². The lowest BCUT2D eigenvalue weighted by molar-refractivity contribution is -0.124. The van der Waals surface area contributed by atoms with Gasteiger partial charge in [-0.05, 0) is 43.5 Å². The zero-order valence-corrected chi connectivity index (χ0v) is 13.6. The molecule has 0 aliphatic rings. The molecule has 1 rings (SSSR count). The van der Waals surface area contributed by atoms with E-state index < -0.39 is 0 Å². The second-order valence-corrected chi connectivity index (χ2v) is 5.11. The SMILES string of the molecule is CCCNCCNC(=O)C(C)CCc1cccc(F)c1.Cl. The van der Waals surface area contributed by atoms with Crippen LogP contribution in [-0.2, 0) is 11.2 Å². The Kier molecular flexibility index (Phi) is 10.9. The van der Waals surface area contributed by atoms with E-state index in [1.54, 1.807) is 6.07 Å². The first-order valence-corrected chi connectivity index (χ1v) is 7.36. The van der Waals surface area contributed by atoms with Crippen LogP contribution in [0.15, 0.2) is 24.3 Å². The monoisotopic (exact) mass is 316 g/mol. The zero-order chi connectivity index (χ0) is 14.8. The van der Waals surface area contributed by atoms with Crippen molar-refractivity contribution >= 4 is 18.3 Å². The highest BCUT2D eigenvalue weighted by molar-refractivity contribution is 5.85. The fourth-order valence-electron chi connectivity index (χ4n) is 1.96. The maximum atomic E-state index is 13.0. The van der Waals surface area contributed by atoms with Gasteiger partial charge in [0.1, 0.15) is 5.82 Å². The molecule has 2 N–H and O–H groups in total. The van der Waals surface area contributed by atoms with Crippen molar-refractivity contribution in [3.05, 3.63) is 35.6 Å². The molecule has 0 fully saturated rings. The summed E-state index contributed by atoms with van der Waals surface area (Å²) in [5.41, 5.74) is 0.939. The van der Waals surface area contributed by atoms with Crippen LogP contribution in [0.25, 0.3) is 0 Å². The standard InChI is InChI=1S/C16H25FN2O.ClH/c1-3-9-18-10-11-19-16(20)13(2)7-8-14-5-4-6-15(17)12-14;/h4-6,12-13,18H,3,7-11H2,1-2H3,(H,19,20);1H. The maximum Gasteiger partial charge on any atom is 0.222 e. The van der Waals surface area contributed by atoms with Gasteiger partial charge in [-0.2, -0.15) is 0 Å². The van der Waals surface area contributed by atoms with Gasteiger partial charge in [-0.3, -0.25) is 4.79 Å². The number of benzene rings is 1. The first-order chi connectivity index (χ1) is 9.63. The Morgan fingerprint density at radius 2 is 2.05 bits per heavy atom. The highest BCUT2D eigenvalue weighted by Gasteiger charge is 2.12. The van der Waals surface area contributed by atoms with E-state index >= 15 is 0 Å². The molecule has 21 heavy (non-hydrogen) atoms. The normalized spacial score (nSPS) is 11.6. The van der Waals surface area contributed by atoms with Crippen LogP contribution in [0.5, 0.6) is 0 Å². The van der Waals surface area contributed by atoms with Gasteiger partial charge in [-0.1, -0.05) is 26.0 Å². The van der Waals surface area contributed by atoms with E-state index in [1.807, 2.05) is 13.0 Å². The molecule has 1 amide bonds. The van der Waals surface area contributed by atoms with Gasteiger partial charge in [-0.25, -0.2) is 4.39 Å². The molecule has 1 aromatic rings. The highest BCUT2D eigenvalue weighted by atomic mass is 35.5. The minimum atomic E-state index is -0.221. The van der Waals surface area contributed by atoms with E-state index in [9.17, 15) is 9.18 Å². The van der Waals surface area contributed by atoms with Gasteiger partial charge in [0, 0.05) is 19.0 Å². The second-order valence-electron chi connectivity index (χ2n) is 5.11. The lowest BCUT2D eigenvalue weighted by Gasteiger charge is -2.12. The van der Waals surface area contributed by atoms with E-state index in [0.29, 0.717) is 6.54 Å². The van der Waals surface area contributed by atoms with Crippen LogP contribution in [0, 0.1) is 11.7 Å². The molecule has 0 radical (unpaired) electrons. The lowest BCUT2D eigenvalue weighted by atomic mass is 10.0. The van der Waals surface area contributed by atoms with Crippen molar-refractivity contribution in [2.75, 3.05) is 19.6 Å². The maximum absolute atomic E-state index is 13.0. The van der Waals surface area contributed by atoms with E-state index in [-0.39, 0.29) is 30.0 Å². The minimum Gasteiger partial charge on any atom is -0.355 e. The molecule has 0 heterocycles. The molecular formula is C16H26ClFN2O. The molecule has 0 aliphatic heterocycles. The molecule has 0 bridgehead atoms. The van der Waals surface area contributed by atoms with Gasteiger partial charge in [0.2, 0.25) is 5.91 Å². The molecule has 0 spiro atoms. The molecule has 0 saturated heterocycles. The first-order valence-electron chi connectivity index (χ1n) is 7.36. The van der Waals surface area contributed by atoms with Crippen LogP contribution in [0.3, 0.4) is 0 Å². The molecule has 0 aliphatic carbocycles. The Morgan fingerprint density at radius 1 is 1.29 bits per heavy atom. The summed E-state index contributed by atoms with van der Waals surface area (Å²) in [5, 5.41) is 6.15. The summed E-state index contributed by atoms with van der Waals surface area (Å²) in [6, 6.07) is 6.55. The third-order valence-electron chi connectivity index (χ3n) is 3.23. The molecule has 120 valence electrons. The summed E-state index contributed by atoms with van der Waals surface area (Å²) in [6.45, 7) is 6.46. The van der Waals surface area contributed by atoms with Gasteiger partial charge in [0.05, 0.1) is 0 Å². The smallest absolute Gasteiger partial charge is 0.222 e. The molecule has 0 saturated carbocycles. The van der Waals surface area contributed by atoms with Crippen molar-refractivity contribution < 1.29 is 9.18 Å². The fraction of sp³-hybridized carbons (Fsp3) is 0.562. The Morgan fingerprint density at radius 3 is 2.71 bits per heavy atom. The summed E-state index contributed by atoms with van der Waals surface area (Å²) >= 11 is 0. The average molecular weight is 317 g/mol. The average Bonchev–Trinajstić information content (AvgIpc) is 2.44. The summed E-state index contributed by atoms with van der Waals surface area (Å²) in [4.78, 5) is 11.9. The molecule has 3 nitrogen and oxygen atoms in total. The Bertz CT molecular complexity index is 415. The largest absolute Gasteiger partial charge is 0.355 e. The van der Waals surface area contributed by atoms with Crippen molar-refractivity contribution in [1.29, 1.82) is 0 Å². The number of carbonyl (C=O) groups is 1. The number of aryl methyl sites for hydroxylation is 1. The molecule has 1 atom stereocenters. The number of hydrogen-bond donors (Lipinski definition) is 2. The van der Waals surface area contributed by atoms with E-state index in [4.69, 9.17) is 0 Å². The van der Waals surface area contributed by atoms with Crippen molar-refractivity contribution in [2.24, 2.45) is 5.92 Å². The second kappa shape index (κ2) is 11.5. The zero-order valence-electron chi connectivity index (χ0n) is 12.8. The number of carbonyl (C=O) groups excluding carboxylic acids is 1. The summed E-state index contributed by atoms with van der Waals surface area (Å²) in [5.74, 6) is -0.203. The predicted octanol–water partition coefficient (Wildman–Crippen LogP) is 2.93. The Hall–Kier alpha value is -1.13. The molecule has 0 aromatic heterocycles. The van der Waals surface area contributed by atoms with Crippen molar-refractivity contribution in [2.45, 2.75) is 33.1 Å². The predicted molar refractivity (Wildman–Crippen MR) is 87.3 cm³/mol. The van der Waals surface area contributed by atoms with Gasteiger partial charge >= 0.3 is 0 Å². The third kappa shape index (κ3) is 8.68. The topological polar surface area (TPSA) is 41.1 Å². The van der Waals surface area contributed by atoms with Gasteiger partial charge in [0.25, 0.3) is 0 Å². The van der Waals surface area contributed by atoms with Crippen molar-refractivity contribution in [3.8, 4) is 0 Å². The third-order valence-corrected chi connectivity index (χ3v) is 3.23. The Labute approximate surface area is 133 Å². The number of amides is 1. The molecule has 1 unspecified atom stereocenters. The van der Waals surface area contributed by atoms with Gasteiger partial charge < -0.3 is 10.6 Å². The summed E-state index contributed by atoms with van der Waals surface area (Å²) in [7, 11) is 0. The van der Waals surface area contributed by atoms with Crippen LogP contribution in [0.2, 0.25) is 0 Å². The molecule has 1 aromatic carbocycles. The Balaban J connectivity index is 0.00000400. The fourth-order valence-corrected chi connectivity index (χ4v) is 1.96. The van der Waals surface area contributed by atoms with Crippen LogP contribution in [0.4, 0.5) is 4.39 Å². The van der Waals surface area contributed by atoms with Gasteiger partial charge in [0.15, 0.2) is 0 Å². The van der Waals surface area contributed by atoms with Crippen LogP contribution < -0.4 is 10.6 Å². The van der Waals surface area contributed by atoms with Crippen LogP contribution in [-0.4, -0.2) is 25.5 Å². The minimum absolute atomic E-state index is 0. The summed E-state index contributed by atoms with van der Waals surface area (Å²) in [6.07, 6.45) is 2.55. The highest BCUT2D eigenvalue weighted by Crippen LogP contribution is 2.11. The molecule has 5 heteroatoms. The van der Waals surface area contributed by atoms with Crippen molar-refractivity contribution in [3.63, 3.8) is 0 Å². The van der Waals surface area contributed by atoms with Crippen LogP contribution in [0.1, 0.15) is 32.3 Å². The van der Waals surface area contributed by atoms with E-state index in [2.05, 4.69) is 17.6 Å². The van der Waals surface area contributed by atoms with Crippen molar-refractivity contribution in [1.82, 2.24) is 10.6 Å². The number of nitrogens with one attached hydrogen (secondary N) is 2. The number of halogens is 2. The molecular weight excluding hydrogens is 291 g/mol.